The molecule has 0 aliphatic heterocycles. The van der Waals surface area contributed by atoms with Gasteiger partial charge in [-0.05, 0) is 31.9 Å². The smallest absolute Gasteiger partial charge is 0.226 e. The second-order valence-electron chi connectivity index (χ2n) is 5.75. The second kappa shape index (κ2) is 5.26. The largest absolute Gasteiger partial charge is 0.441 e. The molecule has 1 saturated carbocycles. The predicted molar refractivity (Wildman–Crippen MR) is 77.7 cm³/mol. The summed E-state index contributed by atoms with van der Waals surface area (Å²) in [5, 5.41) is 4.42. The number of oxazole rings is 1. The molecule has 1 aliphatic carbocycles. The van der Waals surface area contributed by atoms with Crippen LogP contribution >= 0.6 is 0 Å². The van der Waals surface area contributed by atoms with Crippen LogP contribution in [-0.4, -0.2) is 19.7 Å². The van der Waals surface area contributed by atoms with Crippen LogP contribution in [0.4, 0.5) is 8.78 Å². The highest BCUT2D eigenvalue weighted by molar-refractivity contribution is 5.53. The van der Waals surface area contributed by atoms with Crippen LogP contribution in [0.1, 0.15) is 36.0 Å². The van der Waals surface area contributed by atoms with Gasteiger partial charge in [0.25, 0.3) is 0 Å². The summed E-state index contributed by atoms with van der Waals surface area (Å²) < 4.78 is 33.9. The lowest BCUT2D eigenvalue weighted by Crippen LogP contribution is -2.02. The number of nitrogens with zero attached hydrogens (tertiary/aromatic N) is 4. The zero-order valence-electron chi connectivity index (χ0n) is 12.5. The standard InChI is InChI=1S/C16H14F2N4O/c1-9-14(7-22-8-19-15(21-22)10-2-3-10)20-16(23-9)11-4-12(17)6-13(18)5-11/h4-6,8,10H,2-3,7H2,1H3. The van der Waals surface area contributed by atoms with Crippen LogP contribution in [0.5, 0.6) is 0 Å². The average molecular weight is 316 g/mol. The summed E-state index contributed by atoms with van der Waals surface area (Å²) in [7, 11) is 0. The fourth-order valence-electron chi connectivity index (χ4n) is 2.44. The molecule has 0 N–H and O–H groups in total. The Hall–Kier alpha value is -2.57. The summed E-state index contributed by atoms with van der Waals surface area (Å²) >= 11 is 0. The minimum Gasteiger partial charge on any atom is -0.441 e. The molecule has 0 radical (unpaired) electrons. The predicted octanol–water partition coefficient (Wildman–Crippen LogP) is 3.45. The fraction of sp³-hybridized carbons (Fsp3) is 0.312. The van der Waals surface area contributed by atoms with Crippen molar-refractivity contribution in [2.45, 2.75) is 32.2 Å². The van der Waals surface area contributed by atoms with E-state index in [1.165, 1.54) is 12.1 Å². The van der Waals surface area contributed by atoms with E-state index in [0.29, 0.717) is 23.9 Å². The molecule has 4 rings (SSSR count). The first kappa shape index (κ1) is 14.0. The Morgan fingerprint density at radius 1 is 1.22 bits per heavy atom. The molecule has 2 aromatic heterocycles. The Balaban J connectivity index is 1.60. The van der Waals surface area contributed by atoms with Crippen LogP contribution in [0.3, 0.4) is 0 Å². The van der Waals surface area contributed by atoms with E-state index in [1.807, 2.05) is 0 Å². The second-order valence-corrected chi connectivity index (χ2v) is 5.75. The Kier molecular flexibility index (Phi) is 3.21. The quantitative estimate of drug-likeness (QED) is 0.740. The van der Waals surface area contributed by atoms with Crippen LogP contribution in [0.15, 0.2) is 28.9 Å². The molecule has 0 unspecified atom stereocenters. The van der Waals surface area contributed by atoms with E-state index < -0.39 is 11.6 Å². The van der Waals surface area contributed by atoms with Crippen LogP contribution in [0.25, 0.3) is 11.5 Å². The molecule has 118 valence electrons. The monoisotopic (exact) mass is 316 g/mol. The van der Waals surface area contributed by atoms with Crippen LogP contribution in [0.2, 0.25) is 0 Å². The molecule has 0 bridgehead atoms. The number of hydrogen-bond donors (Lipinski definition) is 0. The van der Waals surface area contributed by atoms with Crippen molar-refractivity contribution in [2.75, 3.05) is 0 Å². The molecule has 1 fully saturated rings. The molecule has 0 amide bonds. The summed E-state index contributed by atoms with van der Waals surface area (Å²) in [4.78, 5) is 8.63. The number of rotatable bonds is 4. The summed E-state index contributed by atoms with van der Waals surface area (Å²) in [6, 6.07) is 3.20. The van der Waals surface area contributed by atoms with Gasteiger partial charge in [-0.1, -0.05) is 0 Å². The van der Waals surface area contributed by atoms with Crippen molar-refractivity contribution in [3.8, 4) is 11.5 Å². The zero-order valence-corrected chi connectivity index (χ0v) is 12.5. The van der Waals surface area contributed by atoms with Crippen molar-refractivity contribution in [1.82, 2.24) is 19.7 Å². The van der Waals surface area contributed by atoms with Crippen LogP contribution in [-0.2, 0) is 6.54 Å². The molecule has 0 atom stereocenters. The molecule has 1 aromatic carbocycles. The Morgan fingerprint density at radius 3 is 2.65 bits per heavy atom. The highest BCUT2D eigenvalue weighted by atomic mass is 19.1. The Morgan fingerprint density at radius 2 is 1.96 bits per heavy atom. The van der Waals surface area contributed by atoms with Gasteiger partial charge in [0.15, 0.2) is 5.82 Å². The first-order valence-corrected chi connectivity index (χ1v) is 7.40. The van der Waals surface area contributed by atoms with E-state index in [2.05, 4.69) is 15.1 Å². The van der Waals surface area contributed by atoms with Crippen LogP contribution < -0.4 is 0 Å². The molecule has 23 heavy (non-hydrogen) atoms. The van der Waals surface area contributed by atoms with E-state index in [9.17, 15) is 8.78 Å². The number of hydrogen-bond acceptors (Lipinski definition) is 4. The van der Waals surface area contributed by atoms with Gasteiger partial charge < -0.3 is 4.42 Å². The summed E-state index contributed by atoms with van der Waals surface area (Å²) in [6.45, 7) is 2.17. The first-order valence-electron chi connectivity index (χ1n) is 7.40. The van der Waals surface area contributed by atoms with E-state index in [-0.39, 0.29) is 11.5 Å². The van der Waals surface area contributed by atoms with Crippen molar-refractivity contribution in [3.63, 3.8) is 0 Å². The third kappa shape index (κ3) is 2.86. The van der Waals surface area contributed by atoms with Gasteiger partial charge in [0.2, 0.25) is 5.89 Å². The Labute approximate surface area is 131 Å². The molecule has 1 aliphatic rings. The van der Waals surface area contributed by atoms with Gasteiger partial charge in [-0.25, -0.2) is 23.4 Å². The minimum atomic E-state index is -0.664. The van der Waals surface area contributed by atoms with Crippen LogP contribution in [0, 0.1) is 18.6 Å². The highest BCUT2D eigenvalue weighted by Gasteiger charge is 2.27. The van der Waals surface area contributed by atoms with Crippen molar-refractivity contribution in [3.05, 3.63) is 53.4 Å². The molecule has 3 aromatic rings. The van der Waals surface area contributed by atoms with Crippen molar-refractivity contribution < 1.29 is 13.2 Å². The SMILES string of the molecule is Cc1oc(-c2cc(F)cc(F)c2)nc1Cn1cnc(C2CC2)n1. The van der Waals surface area contributed by atoms with Gasteiger partial charge in [0, 0.05) is 17.5 Å². The molecular weight excluding hydrogens is 302 g/mol. The molecule has 5 nitrogen and oxygen atoms in total. The highest BCUT2D eigenvalue weighted by Crippen LogP contribution is 2.37. The Bertz CT molecular complexity index is 847. The van der Waals surface area contributed by atoms with Crippen molar-refractivity contribution >= 4 is 0 Å². The molecule has 2 heterocycles. The topological polar surface area (TPSA) is 56.7 Å². The maximum absolute atomic E-state index is 13.3. The van der Waals surface area contributed by atoms with Gasteiger partial charge in [0.05, 0.1) is 6.54 Å². The lowest BCUT2D eigenvalue weighted by molar-refractivity contribution is 0.532. The average Bonchev–Trinajstić information content (AvgIpc) is 3.14. The number of benzene rings is 1. The lowest BCUT2D eigenvalue weighted by Gasteiger charge is -1.97. The third-order valence-electron chi connectivity index (χ3n) is 3.81. The summed E-state index contributed by atoms with van der Waals surface area (Å²) in [6.07, 6.45) is 3.95. The van der Waals surface area contributed by atoms with E-state index in [1.54, 1.807) is 17.9 Å². The molecule has 7 heteroatoms. The van der Waals surface area contributed by atoms with Gasteiger partial charge >= 0.3 is 0 Å². The minimum absolute atomic E-state index is 0.193. The van der Waals surface area contributed by atoms with E-state index in [4.69, 9.17) is 4.42 Å². The summed E-state index contributed by atoms with van der Waals surface area (Å²) in [5.41, 5.74) is 0.936. The summed E-state index contributed by atoms with van der Waals surface area (Å²) in [5.74, 6) is 0.802. The van der Waals surface area contributed by atoms with Gasteiger partial charge in [-0.3, -0.25) is 0 Å². The van der Waals surface area contributed by atoms with Gasteiger partial charge in [0.1, 0.15) is 29.4 Å². The van der Waals surface area contributed by atoms with E-state index >= 15 is 0 Å². The fourth-order valence-corrected chi connectivity index (χ4v) is 2.44. The molecule has 0 spiro atoms. The third-order valence-corrected chi connectivity index (χ3v) is 3.81. The maximum Gasteiger partial charge on any atom is 0.226 e. The van der Waals surface area contributed by atoms with Crippen molar-refractivity contribution in [2.24, 2.45) is 0 Å². The normalized spacial score (nSPS) is 14.4. The first-order chi connectivity index (χ1) is 11.1. The lowest BCUT2D eigenvalue weighted by atomic mass is 10.2. The molecule has 0 saturated heterocycles. The number of halogens is 2. The van der Waals surface area contributed by atoms with Gasteiger partial charge in [-0.15, -0.1) is 0 Å². The van der Waals surface area contributed by atoms with Gasteiger partial charge in [-0.2, -0.15) is 5.10 Å². The van der Waals surface area contributed by atoms with Crippen molar-refractivity contribution in [1.29, 1.82) is 0 Å². The molecular formula is C16H14F2N4O. The zero-order chi connectivity index (χ0) is 16.0. The maximum atomic E-state index is 13.3. The van der Waals surface area contributed by atoms with E-state index in [0.717, 1.165) is 24.7 Å². The number of aryl methyl sites for hydroxylation is 1. The number of aromatic nitrogens is 4.